The summed E-state index contributed by atoms with van der Waals surface area (Å²) in [6, 6.07) is 15.3. The van der Waals surface area contributed by atoms with Gasteiger partial charge in [0.25, 0.3) is 0 Å². The van der Waals surface area contributed by atoms with Crippen molar-refractivity contribution in [3.8, 4) is 0 Å². The van der Waals surface area contributed by atoms with Crippen molar-refractivity contribution in [2.24, 2.45) is 0 Å². The monoisotopic (exact) mass is 492 g/mol. The van der Waals surface area contributed by atoms with E-state index in [1.807, 2.05) is 48.5 Å². The number of anilines is 3. The number of allylic oxidation sites excluding steroid dienone is 1. The molecule has 2 amide bonds. The van der Waals surface area contributed by atoms with Crippen LogP contribution in [0.5, 0.6) is 0 Å². The Labute approximate surface area is 212 Å². The number of hydrogen-bond donors (Lipinski definition) is 2. The molecule has 2 aliphatic heterocycles. The fourth-order valence-electron chi connectivity index (χ4n) is 6.05. The molecule has 1 spiro atoms. The lowest BCUT2D eigenvalue weighted by molar-refractivity contribution is -0.120. The summed E-state index contributed by atoms with van der Waals surface area (Å²) >= 11 is 0. The lowest BCUT2D eigenvalue weighted by Crippen LogP contribution is -2.35. The molecule has 2 N–H and O–H groups in total. The number of para-hydroxylation sites is 1. The van der Waals surface area contributed by atoms with E-state index in [9.17, 15) is 14.4 Å². The Balaban J connectivity index is 1.18. The van der Waals surface area contributed by atoms with E-state index in [1.54, 1.807) is 22.7 Å². The Morgan fingerprint density at radius 1 is 1.11 bits per heavy atom. The maximum Gasteiger partial charge on any atom is 0.330 e. The highest BCUT2D eigenvalue weighted by molar-refractivity contribution is 6.06. The molecule has 0 fully saturated rings. The summed E-state index contributed by atoms with van der Waals surface area (Å²) in [4.78, 5) is 45.5. The molecule has 1 unspecified atom stereocenters. The molecule has 1 aliphatic carbocycles. The molecule has 0 saturated heterocycles. The standard InChI is InChI=1S/C28H24N6O3/c1-16-14-34-24-21(30-16)6-3-7-22(24)33(27(34)37)15-23(35)32(2)19-9-8-17-12-28(13-18(17)11-19)20-5-4-10-29-25(20)31-26(28)36/h3-11,30H,1,12-15H2,2H3,(H,29,31,36). The summed E-state index contributed by atoms with van der Waals surface area (Å²) in [5.74, 6) is 0.384. The van der Waals surface area contributed by atoms with Gasteiger partial charge in [0.1, 0.15) is 12.4 Å². The molecule has 184 valence electrons. The van der Waals surface area contributed by atoms with Crippen molar-refractivity contribution in [3.63, 3.8) is 0 Å². The molecular formula is C28H24N6O3. The Bertz CT molecular complexity index is 1750. The molecule has 9 heteroatoms. The van der Waals surface area contributed by atoms with E-state index in [0.29, 0.717) is 30.7 Å². The zero-order valence-corrected chi connectivity index (χ0v) is 20.2. The maximum atomic E-state index is 13.4. The van der Waals surface area contributed by atoms with Crippen LogP contribution in [-0.2, 0) is 40.9 Å². The number of nitrogens with one attached hydrogen (secondary N) is 2. The summed E-state index contributed by atoms with van der Waals surface area (Å²) in [7, 11) is 1.72. The summed E-state index contributed by atoms with van der Waals surface area (Å²) < 4.78 is 3.18. The topological polar surface area (TPSA) is 101 Å². The van der Waals surface area contributed by atoms with Crippen LogP contribution < -0.4 is 21.2 Å². The van der Waals surface area contributed by atoms with Crippen molar-refractivity contribution < 1.29 is 9.59 Å². The minimum Gasteiger partial charge on any atom is -0.356 e. The van der Waals surface area contributed by atoms with Crippen molar-refractivity contribution in [1.29, 1.82) is 0 Å². The summed E-state index contributed by atoms with van der Waals surface area (Å²) in [6.45, 7) is 4.24. The number of nitrogens with zero attached hydrogens (tertiary/aromatic N) is 4. The Morgan fingerprint density at radius 2 is 1.95 bits per heavy atom. The van der Waals surface area contributed by atoms with Gasteiger partial charge in [-0.1, -0.05) is 24.8 Å². The number of carbonyl (C=O) groups is 2. The van der Waals surface area contributed by atoms with Gasteiger partial charge in [-0.2, -0.15) is 0 Å². The highest BCUT2D eigenvalue weighted by Crippen LogP contribution is 2.47. The van der Waals surface area contributed by atoms with E-state index in [-0.39, 0.29) is 24.0 Å². The van der Waals surface area contributed by atoms with Gasteiger partial charge in [0.05, 0.1) is 28.7 Å². The van der Waals surface area contributed by atoms with Gasteiger partial charge < -0.3 is 15.5 Å². The van der Waals surface area contributed by atoms with Crippen LogP contribution in [0.2, 0.25) is 0 Å². The third kappa shape index (κ3) is 2.97. The molecule has 2 aromatic carbocycles. The number of pyridine rings is 1. The lowest BCUT2D eigenvalue weighted by Gasteiger charge is -2.20. The molecule has 0 saturated carbocycles. The van der Waals surface area contributed by atoms with Crippen molar-refractivity contribution in [2.75, 3.05) is 22.6 Å². The first-order valence-electron chi connectivity index (χ1n) is 12.2. The van der Waals surface area contributed by atoms with Crippen LogP contribution in [0, 0.1) is 0 Å². The number of imidazole rings is 1. The van der Waals surface area contributed by atoms with E-state index in [1.165, 1.54) is 4.57 Å². The molecule has 37 heavy (non-hydrogen) atoms. The van der Waals surface area contributed by atoms with Crippen LogP contribution >= 0.6 is 0 Å². The fourth-order valence-corrected chi connectivity index (χ4v) is 6.05. The van der Waals surface area contributed by atoms with Crippen LogP contribution in [0.1, 0.15) is 16.7 Å². The number of benzene rings is 2. The average Bonchev–Trinajstić information content (AvgIpc) is 3.50. The van der Waals surface area contributed by atoms with Crippen LogP contribution in [0.4, 0.5) is 17.2 Å². The van der Waals surface area contributed by atoms with Gasteiger partial charge in [-0.3, -0.25) is 18.7 Å². The first-order chi connectivity index (χ1) is 17.9. The quantitative estimate of drug-likeness (QED) is 0.458. The molecule has 2 aromatic heterocycles. The third-order valence-corrected chi connectivity index (χ3v) is 7.92. The van der Waals surface area contributed by atoms with Gasteiger partial charge in [-0.05, 0) is 54.3 Å². The number of likely N-dealkylation sites (N-methyl/N-ethyl adjacent to an activating group) is 1. The zero-order chi connectivity index (χ0) is 25.5. The van der Waals surface area contributed by atoms with E-state index >= 15 is 0 Å². The highest BCUT2D eigenvalue weighted by atomic mass is 16.2. The second-order valence-electron chi connectivity index (χ2n) is 10.1. The fraction of sp³-hybridized carbons (Fsp3) is 0.214. The molecule has 1 atom stereocenters. The second-order valence-corrected chi connectivity index (χ2v) is 10.1. The Kier molecular flexibility index (Phi) is 4.34. The highest BCUT2D eigenvalue weighted by Gasteiger charge is 2.51. The van der Waals surface area contributed by atoms with Gasteiger partial charge in [0.15, 0.2) is 0 Å². The molecule has 0 radical (unpaired) electrons. The van der Waals surface area contributed by atoms with E-state index in [4.69, 9.17) is 0 Å². The number of fused-ring (bicyclic) bond motifs is 3. The minimum absolute atomic E-state index is 0.0342. The SMILES string of the molecule is C=C1Cn2c(=O)n(CC(=O)N(C)c3ccc4c(c3)CC3(C4)C(=O)Nc4ncccc43)c3cccc(c32)N1. The van der Waals surface area contributed by atoms with Gasteiger partial charge in [0.2, 0.25) is 11.8 Å². The molecule has 4 heterocycles. The Morgan fingerprint density at radius 3 is 2.81 bits per heavy atom. The van der Waals surface area contributed by atoms with Crippen molar-refractivity contribution in [1.82, 2.24) is 14.1 Å². The third-order valence-electron chi connectivity index (χ3n) is 7.92. The van der Waals surface area contributed by atoms with Crippen LogP contribution in [0.25, 0.3) is 11.0 Å². The van der Waals surface area contributed by atoms with Gasteiger partial charge in [-0.25, -0.2) is 9.78 Å². The molecule has 7 rings (SSSR count). The van der Waals surface area contributed by atoms with Crippen LogP contribution in [-0.4, -0.2) is 33.0 Å². The van der Waals surface area contributed by atoms with Gasteiger partial charge in [-0.15, -0.1) is 0 Å². The summed E-state index contributed by atoms with van der Waals surface area (Å²) in [5.41, 5.74) is 5.91. The minimum atomic E-state index is -0.662. The maximum absolute atomic E-state index is 13.4. The van der Waals surface area contributed by atoms with E-state index in [2.05, 4.69) is 22.2 Å². The summed E-state index contributed by atoms with van der Waals surface area (Å²) in [5, 5.41) is 6.15. The summed E-state index contributed by atoms with van der Waals surface area (Å²) in [6.07, 6.45) is 2.83. The molecular weight excluding hydrogens is 468 g/mol. The number of amides is 2. The molecule has 0 bridgehead atoms. The van der Waals surface area contributed by atoms with Crippen molar-refractivity contribution >= 4 is 40.0 Å². The van der Waals surface area contributed by atoms with Crippen LogP contribution in [0.15, 0.2) is 71.8 Å². The van der Waals surface area contributed by atoms with Gasteiger partial charge in [0, 0.05) is 30.2 Å². The number of aromatic nitrogens is 3. The molecule has 3 aliphatic rings. The predicted molar refractivity (Wildman–Crippen MR) is 141 cm³/mol. The zero-order valence-electron chi connectivity index (χ0n) is 20.2. The average molecular weight is 493 g/mol. The van der Waals surface area contributed by atoms with Gasteiger partial charge >= 0.3 is 5.69 Å². The van der Waals surface area contributed by atoms with E-state index < -0.39 is 5.41 Å². The second kappa shape index (κ2) is 7.42. The van der Waals surface area contributed by atoms with Crippen molar-refractivity contribution in [3.05, 3.63) is 94.2 Å². The number of carbonyl (C=O) groups excluding carboxylic acids is 2. The predicted octanol–water partition coefficient (Wildman–Crippen LogP) is 2.79. The molecule has 9 nitrogen and oxygen atoms in total. The smallest absolute Gasteiger partial charge is 0.330 e. The van der Waals surface area contributed by atoms with E-state index in [0.717, 1.165) is 39.3 Å². The van der Waals surface area contributed by atoms with Crippen molar-refractivity contribution in [2.45, 2.75) is 31.3 Å². The molecule has 4 aromatic rings. The number of hydrogen-bond acceptors (Lipinski definition) is 5. The first-order valence-corrected chi connectivity index (χ1v) is 12.2. The Hall–Kier alpha value is -4.66. The largest absolute Gasteiger partial charge is 0.356 e. The normalized spacial score (nSPS) is 19.1. The first kappa shape index (κ1) is 21.6. The number of rotatable bonds is 3. The lowest BCUT2D eigenvalue weighted by atomic mass is 9.79. The van der Waals surface area contributed by atoms with Crippen LogP contribution in [0.3, 0.4) is 0 Å².